The van der Waals surface area contributed by atoms with Crippen molar-refractivity contribution in [1.29, 1.82) is 0 Å². The Balaban J connectivity index is 3.50. The summed E-state index contributed by atoms with van der Waals surface area (Å²) in [6, 6.07) is 0. The van der Waals surface area contributed by atoms with E-state index in [0.29, 0.717) is 0 Å². The van der Waals surface area contributed by atoms with E-state index in [4.69, 9.17) is 0 Å². The highest BCUT2D eigenvalue weighted by Crippen LogP contribution is 2.41. The van der Waals surface area contributed by atoms with Crippen molar-refractivity contribution in [2.45, 2.75) is 17.9 Å². The Hall–Kier alpha value is -0.240. The third-order valence-electron chi connectivity index (χ3n) is 1.75. The van der Waals surface area contributed by atoms with Gasteiger partial charge in [0.1, 0.15) is 5.69 Å². The molecule has 0 unspecified atom stereocenters. The Morgan fingerprint density at radius 3 is 2.25 bits per heavy atom. The average Bonchev–Trinajstić information content (AvgIpc) is 2.14. The molecule has 1 heterocycles. The highest BCUT2D eigenvalue weighted by Gasteiger charge is 2.39. The number of aromatic nitrogens is 1. The summed E-state index contributed by atoms with van der Waals surface area (Å²) in [6.45, 7) is 0. The zero-order valence-corrected chi connectivity index (χ0v) is 10.6. The van der Waals surface area contributed by atoms with Crippen LogP contribution in [0.3, 0.4) is 0 Å². The molecule has 16 heavy (non-hydrogen) atoms. The molecule has 0 bridgehead atoms. The molecular weight excluding hydrogens is 365 g/mol. The van der Waals surface area contributed by atoms with Gasteiger partial charge in [-0.05, 0) is 21.5 Å². The first-order valence-corrected chi connectivity index (χ1v) is 5.79. The molecule has 0 N–H and O–H groups in total. The molecule has 0 aliphatic carbocycles. The maximum atomic E-state index is 12.6. The lowest BCUT2D eigenvalue weighted by molar-refractivity contribution is -0.140. The summed E-state index contributed by atoms with van der Waals surface area (Å²) in [5.41, 5.74) is -2.51. The molecule has 0 aliphatic rings. The van der Waals surface area contributed by atoms with Gasteiger partial charge < -0.3 is 0 Å². The zero-order valence-electron chi connectivity index (χ0n) is 7.45. The van der Waals surface area contributed by atoms with E-state index in [9.17, 15) is 22.0 Å². The van der Waals surface area contributed by atoms with Crippen LogP contribution in [0.4, 0.5) is 22.0 Å². The predicted molar refractivity (Wildman–Crippen MR) is 54.5 cm³/mol. The van der Waals surface area contributed by atoms with Crippen molar-refractivity contribution in [3.05, 3.63) is 27.5 Å². The molecule has 1 rings (SSSR count). The topological polar surface area (TPSA) is 12.9 Å². The standard InChI is InChI=1S/C8H4Br2F5N/c9-1-3-2-16-6(7(11)12)4(5(3)10)8(13,14)15/h2,7H,1H2. The molecule has 90 valence electrons. The zero-order chi connectivity index (χ0) is 12.5. The monoisotopic (exact) mass is 367 g/mol. The van der Waals surface area contributed by atoms with E-state index in [2.05, 4.69) is 36.8 Å². The Bertz CT molecular complexity index is 391. The molecule has 1 aromatic heterocycles. The summed E-state index contributed by atoms with van der Waals surface area (Å²) >= 11 is 5.62. The van der Waals surface area contributed by atoms with Crippen LogP contribution in [0.25, 0.3) is 0 Å². The van der Waals surface area contributed by atoms with Crippen LogP contribution in [0, 0.1) is 0 Å². The molecule has 0 amide bonds. The van der Waals surface area contributed by atoms with Crippen molar-refractivity contribution in [3.63, 3.8) is 0 Å². The lowest BCUT2D eigenvalue weighted by Crippen LogP contribution is -2.13. The van der Waals surface area contributed by atoms with Gasteiger partial charge in [-0.3, -0.25) is 4.98 Å². The highest BCUT2D eigenvalue weighted by atomic mass is 79.9. The summed E-state index contributed by atoms with van der Waals surface area (Å²) in [5.74, 6) is 0. The van der Waals surface area contributed by atoms with Crippen LogP contribution < -0.4 is 0 Å². The molecular formula is C8H4Br2F5N. The molecule has 0 spiro atoms. The van der Waals surface area contributed by atoms with Gasteiger partial charge in [0, 0.05) is 16.0 Å². The van der Waals surface area contributed by atoms with Crippen molar-refractivity contribution < 1.29 is 22.0 Å². The smallest absolute Gasteiger partial charge is 0.254 e. The first-order chi connectivity index (χ1) is 7.29. The molecule has 0 fully saturated rings. The van der Waals surface area contributed by atoms with Gasteiger partial charge in [0.15, 0.2) is 0 Å². The van der Waals surface area contributed by atoms with Crippen LogP contribution in [0.15, 0.2) is 10.7 Å². The second kappa shape index (κ2) is 4.95. The van der Waals surface area contributed by atoms with Crippen molar-refractivity contribution in [3.8, 4) is 0 Å². The Labute approximate surface area is 104 Å². The van der Waals surface area contributed by atoms with Gasteiger partial charge in [0.25, 0.3) is 6.43 Å². The molecule has 1 nitrogen and oxygen atoms in total. The molecule has 1 aromatic rings. The summed E-state index contributed by atoms with van der Waals surface area (Å²) in [6.07, 6.45) is -7.15. The number of halogens is 7. The third kappa shape index (κ3) is 2.71. The number of rotatable bonds is 2. The van der Waals surface area contributed by atoms with Crippen molar-refractivity contribution in [2.24, 2.45) is 0 Å². The fraction of sp³-hybridized carbons (Fsp3) is 0.375. The van der Waals surface area contributed by atoms with Crippen LogP contribution in [0.1, 0.15) is 23.2 Å². The molecule has 0 saturated carbocycles. The van der Waals surface area contributed by atoms with E-state index >= 15 is 0 Å². The highest BCUT2D eigenvalue weighted by molar-refractivity contribution is 9.10. The minimum atomic E-state index is -4.87. The minimum Gasteiger partial charge on any atom is -0.254 e. The van der Waals surface area contributed by atoms with Crippen molar-refractivity contribution in [2.75, 3.05) is 0 Å². The molecule has 0 aliphatic heterocycles. The van der Waals surface area contributed by atoms with Gasteiger partial charge in [0.2, 0.25) is 0 Å². The molecule has 0 saturated heterocycles. The largest absolute Gasteiger partial charge is 0.419 e. The van der Waals surface area contributed by atoms with E-state index in [0.717, 1.165) is 6.20 Å². The number of nitrogens with zero attached hydrogens (tertiary/aromatic N) is 1. The first kappa shape index (κ1) is 13.8. The van der Waals surface area contributed by atoms with Crippen LogP contribution >= 0.6 is 31.9 Å². The van der Waals surface area contributed by atoms with Crippen molar-refractivity contribution in [1.82, 2.24) is 4.98 Å². The number of hydrogen-bond donors (Lipinski definition) is 0. The van der Waals surface area contributed by atoms with Crippen LogP contribution in [-0.4, -0.2) is 4.98 Å². The summed E-state index contributed by atoms with van der Waals surface area (Å²) in [4.78, 5) is 3.15. The predicted octanol–water partition coefficient (Wildman–Crippen LogP) is 4.70. The van der Waals surface area contributed by atoms with Crippen LogP contribution in [0.5, 0.6) is 0 Å². The Morgan fingerprint density at radius 1 is 1.31 bits per heavy atom. The normalized spacial score (nSPS) is 12.2. The Kier molecular flexibility index (Phi) is 4.28. The molecule has 0 radical (unpaired) electrons. The summed E-state index contributed by atoms with van der Waals surface area (Å²) in [7, 11) is 0. The van der Waals surface area contributed by atoms with Gasteiger partial charge in [-0.15, -0.1) is 0 Å². The maximum absolute atomic E-state index is 12.6. The van der Waals surface area contributed by atoms with E-state index in [-0.39, 0.29) is 10.9 Å². The Morgan fingerprint density at radius 2 is 1.88 bits per heavy atom. The molecule has 8 heteroatoms. The lowest BCUT2D eigenvalue weighted by atomic mass is 10.1. The van der Waals surface area contributed by atoms with Gasteiger partial charge in [-0.1, -0.05) is 15.9 Å². The van der Waals surface area contributed by atoms with Gasteiger partial charge in [0.05, 0.1) is 5.56 Å². The second-order valence-electron chi connectivity index (χ2n) is 2.79. The third-order valence-corrected chi connectivity index (χ3v) is 3.26. The fourth-order valence-electron chi connectivity index (χ4n) is 1.07. The van der Waals surface area contributed by atoms with E-state index in [1.807, 2.05) is 0 Å². The summed E-state index contributed by atoms with van der Waals surface area (Å²) < 4.78 is 62.1. The molecule has 0 aromatic carbocycles. The van der Waals surface area contributed by atoms with E-state index in [1.165, 1.54) is 0 Å². The molecule has 0 atom stereocenters. The van der Waals surface area contributed by atoms with E-state index in [1.54, 1.807) is 0 Å². The summed E-state index contributed by atoms with van der Waals surface area (Å²) in [5, 5.41) is 0.0905. The average molecular weight is 369 g/mol. The number of pyridine rings is 1. The first-order valence-electron chi connectivity index (χ1n) is 3.87. The lowest BCUT2D eigenvalue weighted by Gasteiger charge is -2.15. The quantitative estimate of drug-likeness (QED) is 0.545. The van der Waals surface area contributed by atoms with Crippen LogP contribution in [0.2, 0.25) is 0 Å². The van der Waals surface area contributed by atoms with E-state index < -0.39 is 28.3 Å². The van der Waals surface area contributed by atoms with Crippen LogP contribution in [-0.2, 0) is 11.5 Å². The SMILES string of the molecule is FC(F)c1ncc(CBr)c(Br)c1C(F)(F)F. The maximum Gasteiger partial charge on any atom is 0.419 e. The number of alkyl halides is 6. The van der Waals surface area contributed by atoms with Crippen molar-refractivity contribution >= 4 is 31.9 Å². The van der Waals surface area contributed by atoms with Gasteiger partial charge >= 0.3 is 6.18 Å². The number of hydrogen-bond acceptors (Lipinski definition) is 1. The minimum absolute atomic E-state index is 0.0905. The fourth-order valence-corrected chi connectivity index (χ4v) is 2.54. The second-order valence-corrected chi connectivity index (χ2v) is 4.14. The van der Waals surface area contributed by atoms with Gasteiger partial charge in [-0.2, -0.15) is 13.2 Å². The van der Waals surface area contributed by atoms with Gasteiger partial charge in [-0.25, -0.2) is 8.78 Å².